The van der Waals surface area contributed by atoms with Crippen molar-refractivity contribution in [3.63, 3.8) is 0 Å². The Balaban J connectivity index is 3.17. The van der Waals surface area contributed by atoms with Crippen LogP contribution >= 0.6 is 15.9 Å². The Kier molecular flexibility index (Phi) is 1.88. The van der Waals surface area contributed by atoms with Gasteiger partial charge in [0.25, 0.3) is 0 Å². The van der Waals surface area contributed by atoms with Gasteiger partial charge in [-0.2, -0.15) is 0 Å². The van der Waals surface area contributed by atoms with Crippen molar-refractivity contribution in [1.29, 1.82) is 0 Å². The van der Waals surface area contributed by atoms with Crippen molar-refractivity contribution in [2.45, 2.75) is 6.92 Å². The van der Waals surface area contributed by atoms with Gasteiger partial charge in [0, 0.05) is 16.6 Å². The summed E-state index contributed by atoms with van der Waals surface area (Å²) in [6.45, 7) is 2.05. The molecule has 1 nitrogen and oxygen atoms in total. The molecule has 1 aromatic carbocycles. The van der Waals surface area contributed by atoms with E-state index in [9.17, 15) is 0 Å². The molecular weight excluding hydrogens is 178 g/mol. The molecule has 9 heavy (non-hydrogen) atoms. The van der Waals surface area contributed by atoms with Crippen LogP contribution in [0, 0.1) is 6.92 Å². The number of halogens is 1. The van der Waals surface area contributed by atoms with Gasteiger partial charge in [-0.25, -0.2) is 0 Å². The van der Waals surface area contributed by atoms with E-state index in [0.717, 1.165) is 10.2 Å². The lowest BCUT2D eigenvalue weighted by molar-refractivity contribution is -0.254. The van der Waals surface area contributed by atoms with E-state index in [0.29, 0.717) is 0 Å². The molecule has 0 saturated carbocycles. The van der Waals surface area contributed by atoms with Crippen molar-refractivity contribution in [1.82, 2.24) is 0 Å². The maximum Gasteiger partial charge on any atom is 0.128 e. The summed E-state index contributed by atoms with van der Waals surface area (Å²) < 4.78 is 1.15. The van der Waals surface area contributed by atoms with Crippen LogP contribution < -0.4 is 5.73 Å². The second-order valence-electron chi connectivity index (χ2n) is 2.08. The number of rotatable bonds is 0. The minimum atomic E-state index is 1.07. The van der Waals surface area contributed by atoms with E-state index < -0.39 is 0 Å². The number of aryl methyl sites for hydroxylation is 1. The molecule has 0 saturated heterocycles. The Bertz CT molecular complexity index is 220. The Morgan fingerprint density at radius 2 is 2.11 bits per heavy atom. The third-order valence-electron chi connectivity index (χ3n) is 1.22. The molecule has 0 heterocycles. The van der Waals surface area contributed by atoms with Crippen molar-refractivity contribution in [2.24, 2.45) is 0 Å². The van der Waals surface area contributed by atoms with Crippen LogP contribution in [-0.4, -0.2) is 0 Å². The van der Waals surface area contributed by atoms with Gasteiger partial charge in [-0.1, -0.05) is 15.9 Å². The number of hydrogen-bond acceptors (Lipinski definition) is 0. The third-order valence-corrected chi connectivity index (χ3v) is 2.11. The first-order chi connectivity index (χ1) is 4.20. The van der Waals surface area contributed by atoms with Crippen LogP contribution in [0.4, 0.5) is 5.69 Å². The number of quaternary nitrogens is 1. The van der Waals surface area contributed by atoms with Gasteiger partial charge in [0.15, 0.2) is 0 Å². The van der Waals surface area contributed by atoms with Crippen LogP contribution in [0.5, 0.6) is 0 Å². The zero-order chi connectivity index (χ0) is 6.85. The largest absolute Gasteiger partial charge is 0.325 e. The summed E-state index contributed by atoms with van der Waals surface area (Å²) >= 11 is 3.40. The van der Waals surface area contributed by atoms with Crippen molar-refractivity contribution in [3.8, 4) is 0 Å². The fourth-order valence-electron chi connectivity index (χ4n) is 0.707. The highest BCUT2D eigenvalue weighted by molar-refractivity contribution is 9.10. The Morgan fingerprint density at radius 1 is 1.44 bits per heavy atom. The molecule has 0 amide bonds. The molecular formula is C7H9BrN+. The molecule has 0 unspecified atom stereocenters. The fourth-order valence-corrected chi connectivity index (χ4v) is 0.953. The fraction of sp³-hybridized carbons (Fsp3) is 0.143. The molecule has 2 heteroatoms. The topological polar surface area (TPSA) is 27.6 Å². The predicted molar refractivity (Wildman–Crippen MR) is 41.4 cm³/mol. The monoisotopic (exact) mass is 186 g/mol. The van der Waals surface area contributed by atoms with Gasteiger partial charge < -0.3 is 5.73 Å². The lowest BCUT2D eigenvalue weighted by Gasteiger charge is -1.94. The lowest BCUT2D eigenvalue weighted by atomic mass is 10.2. The second kappa shape index (κ2) is 2.50. The van der Waals surface area contributed by atoms with Crippen molar-refractivity contribution in [3.05, 3.63) is 28.2 Å². The van der Waals surface area contributed by atoms with Gasteiger partial charge in [-0.3, -0.25) is 0 Å². The van der Waals surface area contributed by atoms with Crippen LogP contribution in [0.1, 0.15) is 5.56 Å². The first kappa shape index (κ1) is 6.78. The Labute approximate surface area is 63.0 Å². The Hall–Kier alpha value is -0.340. The first-order valence-corrected chi connectivity index (χ1v) is 3.57. The van der Waals surface area contributed by atoms with Gasteiger partial charge >= 0.3 is 0 Å². The van der Waals surface area contributed by atoms with Crippen molar-refractivity contribution >= 4 is 21.6 Å². The number of benzene rings is 1. The molecule has 0 aliphatic carbocycles. The van der Waals surface area contributed by atoms with E-state index in [1.807, 2.05) is 18.2 Å². The molecule has 1 rings (SSSR count). The van der Waals surface area contributed by atoms with Gasteiger partial charge in [-0.05, 0) is 18.6 Å². The third kappa shape index (κ3) is 1.53. The summed E-state index contributed by atoms with van der Waals surface area (Å²) in [5, 5.41) is 0. The molecule has 0 atom stereocenters. The predicted octanol–water partition coefficient (Wildman–Crippen LogP) is 1.63. The molecule has 0 radical (unpaired) electrons. The minimum Gasteiger partial charge on any atom is -0.325 e. The quantitative estimate of drug-likeness (QED) is 0.639. The molecule has 1 aromatic rings. The zero-order valence-corrected chi connectivity index (χ0v) is 6.90. The molecule has 0 bridgehead atoms. The normalized spacial score (nSPS) is 9.67. The maximum atomic E-state index is 3.80. The van der Waals surface area contributed by atoms with Crippen LogP contribution in [0.15, 0.2) is 22.7 Å². The van der Waals surface area contributed by atoms with E-state index in [1.54, 1.807) is 0 Å². The minimum absolute atomic E-state index is 1.07. The van der Waals surface area contributed by atoms with Gasteiger partial charge in [-0.15, -0.1) is 0 Å². The van der Waals surface area contributed by atoms with E-state index in [4.69, 9.17) is 0 Å². The zero-order valence-electron chi connectivity index (χ0n) is 5.32. The highest BCUT2D eigenvalue weighted by Crippen LogP contribution is 2.16. The van der Waals surface area contributed by atoms with Crippen LogP contribution in [0.25, 0.3) is 0 Å². The highest BCUT2D eigenvalue weighted by atomic mass is 79.9. The van der Waals surface area contributed by atoms with Crippen molar-refractivity contribution in [2.75, 3.05) is 0 Å². The first-order valence-electron chi connectivity index (χ1n) is 2.78. The van der Waals surface area contributed by atoms with E-state index >= 15 is 0 Å². The second-order valence-corrected chi connectivity index (χ2v) is 2.94. The van der Waals surface area contributed by atoms with Gasteiger partial charge in [0.05, 0.1) is 0 Å². The van der Waals surface area contributed by atoms with E-state index in [-0.39, 0.29) is 0 Å². The van der Waals surface area contributed by atoms with Crippen molar-refractivity contribution < 1.29 is 5.73 Å². The summed E-state index contributed by atoms with van der Waals surface area (Å²) in [5.41, 5.74) is 6.11. The summed E-state index contributed by atoms with van der Waals surface area (Å²) in [6.07, 6.45) is 0. The molecule has 48 valence electrons. The molecule has 0 aliphatic rings. The average Bonchev–Trinajstić information content (AvgIpc) is 1.80. The highest BCUT2D eigenvalue weighted by Gasteiger charge is 1.93. The molecule has 0 spiro atoms. The Morgan fingerprint density at radius 3 is 2.56 bits per heavy atom. The van der Waals surface area contributed by atoms with Crippen LogP contribution in [0.3, 0.4) is 0 Å². The summed E-state index contributed by atoms with van der Waals surface area (Å²) in [4.78, 5) is 0. The standard InChI is InChI=1S/C7H8BrN/c1-5-4-6(9)2-3-7(5)8/h2-4H,9H2,1H3/p+1. The summed E-state index contributed by atoms with van der Waals surface area (Å²) in [5.74, 6) is 0. The molecule has 0 fully saturated rings. The smallest absolute Gasteiger partial charge is 0.128 e. The SMILES string of the molecule is Cc1cc([NH3+])ccc1Br. The lowest BCUT2D eigenvalue weighted by Crippen LogP contribution is -2.40. The molecule has 3 N–H and O–H groups in total. The maximum absolute atomic E-state index is 3.80. The van der Waals surface area contributed by atoms with Gasteiger partial charge in [0.2, 0.25) is 0 Å². The average molecular weight is 187 g/mol. The van der Waals surface area contributed by atoms with Gasteiger partial charge in [0.1, 0.15) is 5.69 Å². The number of hydrogen-bond donors (Lipinski definition) is 1. The molecule has 0 aliphatic heterocycles. The summed E-state index contributed by atoms with van der Waals surface area (Å²) in [6, 6.07) is 6.04. The van der Waals surface area contributed by atoms with Crippen LogP contribution in [0.2, 0.25) is 0 Å². The molecule has 0 aromatic heterocycles. The van der Waals surface area contributed by atoms with Crippen LogP contribution in [-0.2, 0) is 0 Å². The summed E-state index contributed by atoms with van der Waals surface area (Å²) in [7, 11) is 0. The van der Waals surface area contributed by atoms with E-state index in [1.165, 1.54) is 5.56 Å². The van der Waals surface area contributed by atoms with E-state index in [2.05, 4.69) is 28.6 Å².